The second-order valence-corrected chi connectivity index (χ2v) is 7.91. The van der Waals surface area contributed by atoms with Crippen LogP contribution in [0.25, 0.3) is 17.1 Å². The average molecular weight is 433 g/mol. The van der Waals surface area contributed by atoms with Crippen molar-refractivity contribution in [1.29, 1.82) is 0 Å². The number of rotatable bonds is 5. The van der Waals surface area contributed by atoms with E-state index >= 15 is 0 Å². The Morgan fingerprint density at radius 1 is 1.00 bits per heavy atom. The summed E-state index contributed by atoms with van der Waals surface area (Å²) >= 11 is 1.13. The van der Waals surface area contributed by atoms with Crippen LogP contribution in [0.5, 0.6) is 0 Å². The molecule has 0 aliphatic heterocycles. The van der Waals surface area contributed by atoms with E-state index in [2.05, 4.69) is 10.4 Å². The van der Waals surface area contributed by atoms with Gasteiger partial charge in [-0.1, -0.05) is 18.2 Å². The van der Waals surface area contributed by atoms with E-state index in [9.17, 15) is 9.59 Å². The Morgan fingerprint density at radius 2 is 1.74 bits per heavy atom. The Morgan fingerprint density at radius 3 is 2.39 bits per heavy atom. The number of nitrogens with one attached hydrogen (secondary N) is 1. The highest BCUT2D eigenvalue weighted by Gasteiger charge is 2.19. The maximum Gasteiger partial charge on any atom is 0.285 e. The molecule has 4 rings (SSSR count). The second kappa shape index (κ2) is 8.93. The number of aromatic nitrogens is 2. The van der Waals surface area contributed by atoms with Crippen LogP contribution < -0.4 is 5.32 Å². The van der Waals surface area contributed by atoms with Crippen LogP contribution in [0.2, 0.25) is 0 Å². The molecule has 0 spiro atoms. The van der Waals surface area contributed by atoms with Gasteiger partial charge >= 0.3 is 0 Å². The number of hydrogen-bond acceptors (Lipinski definition) is 5. The number of anilines is 1. The van der Waals surface area contributed by atoms with Crippen LogP contribution in [-0.2, 0) is 0 Å². The average Bonchev–Trinajstić information content (AvgIpc) is 3.46. The van der Waals surface area contributed by atoms with E-state index in [1.165, 1.54) is 4.90 Å². The highest BCUT2D eigenvalue weighted by molar-refractivity contribution is 8.13. The van der Waals surface area contributed by atoms with Crippen molar-refractivity contribution in [3.8, 4) is 17.1 Å². The van der Waals surface area contributed by atoms with Crippen LogP contribution in [0, 0.1) is 0 Å². The molecule has 2 aromatic carbocycles. The van der Waals surface area contributed by atoms with Gasteiger partial charge in [0.05, 0.1) is 12.0 Å². The third-order valence-corrected chi connectivity index (χ3v) is 5.45. The zero-order valence-electron chi connectivity index (χ0n) is 17.0. The Labute approximate surface area is 183 Å². The predicted octanol–water partition coefficient (Wildman–Crippen LogP) is 5.16. The smallest absolute Gasteiger partial charge is 0.285 e. The van der Waals surface area contributed by atoms with E-state index in [1.807, 2.05) is 30.3 Å². The first-order valence-electron chi connectivity index (χ1n) is 9.51. The van der Waals surface area contributed by atoms with Gasteiger partial charge in [0.1, 0.15) is 11.4 Å². The molecular formula is C23H20N4O3S. The summed E-state index contributed by atoms with van der Waals surface area (Å²) in [5.41, 5.74) is 2.32. The Balaban J connectivity index is 1.59. The fourth-order valence-electron chi connectivity index (χ4n) is 2.85. The monoisotopic (exact) mass is 432 g/mol. The summed E-state index contributed by atoms with van der Waals surface area (Å²) in [5.74, 6) is 0.273. The molecule has 0 aliphatic carbocycles. The normalized spacial score (nSPS) is 10.6. The summed E-state index contributed by atoms with van der Waals surface area (Å²) in [6.45, 7) is 0. The van der Waals surface area contributed by atoms with E-state index in [1.54, 1.807) is 67.5 Å². The van der Waals surface area contributed by atoms with E-state index in [0.29, 0.717) is 22.8 Å². The van der Waals surface area contributed by atoms with Gasteiger partial charge in [-0.3, -0.25) is 9.59 Å². The third-order valence-electron chi connectivity index (χ3n) is 4.40. The van der Waals surface area contributed by atoms with Crippen molar-refractivity contribution in [1.82, 2.24) is 14.7 Å². The molecule has 2 aromatic heterocycles. The van der Waals surface area contributed by atoms with Gasteiger partial charge in [-0.2, -0.15) is 5.10 Å². The molecule has 0 fully saturated rings. The van der Waals surface area contributed by atoms with Gasteiger partial charge in [0, 0.05) is 30.7 Å². The molecule has 0 radical (unpaired) electrons. The largest absolute Gasteiger partial charge is 0.463 e. The molecule has 156 valence electrons. The highest BCUT2D eigenvalue weighted by Crippen LogP contribution is 2.25. The molecule has 2 amide bonds. The number of hydrogen-bond donors (Lipinski definition) is 1. The summed E-state index contributed by atoms with van der Waals surface area (Å²) in [6, 6.07) is 21.8. The molecule has 0 saturated carbocycles. The Hall–Kier alpha value is -3.78. The first kappa shape index (κ1) is 20.5. The summed E-state index contributed by atoms with van der Waals surface area (Å²) in [5, 5.41) is 7.40. The SMILES string of the molecule is CN(C)C(=O)Sc1ccc(NC(=O)c2cc(-c3ccco3)nn2-c2ccccc2)cc1. The van der Waals surface area contributed by atoms with E-state index in [-0.39, 0.29) is 11.1 Å². The van der Waals surface area contributed by atoms with Crippen molar-refractivity contribution < 1.29 is 14.0 Å². The first-order chi connectivity index (χ1) is 15.0. The fourth-order valence-corrected chi connectivity index (χ4v) is 3.50. The quantitative estimate of drug-likeness (QED) is 0.441. The number of benzene rings is 2. The van der Waals surface area contributed by atoms with Gasteiger partial charge in [0.2, 0.25) is 0 Å². The minimum Gasteiger partial charge on any atom is -0.463 e. The predicted molar refractivity (Wildman–Crippen MR) is 121 cm³/mol. The molecule has 0 saturated heterocycles. The molecule has 2 heterocycles. The van der Waals surface area contributed by atoms with E-state index in [4.69, 9.17) is 4.42 Å². The number of para-hydroxylation sites is 1. The lowest BCUT2D eigenvalue weighted by atomic mass is 10.2. The van der Waals surface area contributed by atoms with Gasteiger partial charge in [-0.05, 0) is 60.3 Å². The molecule has 0 bridgehead atoms. The minimum absolute atomic E-state index is 0.0611. The molecule has 4 aromatic rings. The standard InChI is InChI=1S/C23H20N4O3S/c1-26(2)23(29)31-18-12-10-16(11-13-18)24-22(28)20-15-19(21-9-6-14-30-21)25-27(20)17-7-4-3-5-8-17/h3-15H,1-2H3,(H,24,28). The van der Waals surface area contributed by atoms with E-state index < -0.39 is 0 Å². The van der Waals surface area contributed by atoms with Crippen molar-refractivity contribution in [2.45, 2.75) is 4.90 Å². The van der Waals surface area contributed by atoms with Crippen molar-refractivity contribution in [3.05, 3.63) is 84.8 Å². The number of thioether (sulfide) groups is 1. The number of carbonyl (C=O) groups is 2. The van der Waals surface area contributed by atoms with Crippen molar-refractivity contribution in [2.24, 2.45) is 0 Å². The van der Waals surface area contributed by atoms with Crippen LogP contribution >= 0.6 is 11.8 Å². The van der Waals surface area contributed by atoms with Crippen LogP contribution in [0.4, 0.5) is 10.5 Å². The molecule has 0 unspecified atom stereocenters. The van der Waals surface area contributed by atoms with Crippen LogP contribution in [0.15, 0.2) is 88.4 Å². The van der Waals surface area contributed by atoms with Gasteiger partial charge in [-0.15, -0.1) is 0 Å². The number of furan rings is 1. The lowest BCUT2D eigenvalue weighted by Gasteiger charge is -2.10. The van der Waals surface area contributed by atoms with Gasteiger partial charge in [0.25, 0.3) is 11.1 Å². The van der Waals surface area contributed by atoms with Gasteiger partial charge < -0.3 is 14.6 Å². The van der Waals surface area contributed by atoms with Crippen LogP contribution in [-0.4, -0.2) is 39.9 Å². The molecule has 0 aliphatic rings. The van der Waals surface area contributed by atoms with Crippen LogP contribution in [0.3, 0.4) is 0 Å². The lowest BCUT2D eigenvalue weighted by molar-refractivity contribution is 0.101. The Bertz CT molecular complexity index is 1180. The minimum atomic E-state index is -0.307. The van der Waals surface area contributed by atoms with Gasteiger partial charge in [0.15, 0.2) is 5.76 Å². The zero-order chi connectivity index (χ0) is 21.8. The van der Waals surface area contributed by atoms with Crippen molar-refractivity contribution in [2.75, 3.05) is 19.4 Å². The lowest BCUT2D eigenvalue weighted by Crippen LogP contribution is -2.17. The van der Waals surface area contributed by atoms with Crippen molar-refractivity contribution >= 4 is 28.6 Å². The molecule has 8 heteroatoms. The molecular weight excluding hydrogens is 412 g/mol. The summed E-state index contributed by atoms with van der Waals surface area (Å²) in [4.78, 5) is 27.2. The molecule has 7 nitrogen and oxygen atoms in total. The molecule has 31 heavy (non-hydrogen) atoms. The fraction of sp³-hybridized carbons (Fsp3) is 0.0870. The van der Waals surface area contributed by atoms with Crippen molar-refractivity contribution in [3.63, 3.8) is 0 Å². The van der Waals surface area contributed by atoms with Gasteiger partial charge in [-0.25, -0.2) is 4.68 Å². The second-order valence-electron chi connectivity index (χ2n) is 6.88. The summed E-state index contributed by atoms with van der Waals surface area (Å²) in [7, 11) is 3.41. The maximum atomic E-state index is 13.1. The zero-order valence-corrected chi connectivity index (χ0v) is 17.8. The number of carbonyl (C=O) groups excluding carboxylic acids is 2. The topological polar surface area (TPSA) is 80.4 Å². The Kier molecular flexibility index (Phi) is 5.90. The number of amides is 2. The highest BCUT2D eigenvalue weighted by atomic mass is 32.2. The summed E-state index contributed by atoms with van der Waals surface area (Å²) in [6.07, 6.45) is 1.57. The van der Waals surface area contributed by atoms with Crippen LogP contribution in [0.1, 0.15) is 10.5 Å². The molecule has 1 N–H and O–H groups in total. The maximum absolute atomic E-state index is 13.1. The summed E-state index contributed by atoms with van der Waals surface area (Å²) < 4.78 is 7.03. The first-order valence-corrected chi connectivity index (χ1v) is 10.3. The van der Waals surface area contributed by atoms with E-state index in [0.717, 1.165) is 22.3 Å². The third kappa shape index (κ3) is 4.70. The number of nitrogens with zero attached hydrogens (tertiary/aromatic N) is 3. The molecule has 0 atom stereocenters.